The van der Waals surface area contributed by atoms with Crippen LogP contribution in [0.3, 0.4) is 0 Å². The lowest BCUT2D eigenvalue weighted by Gasteiger charge is -2.28. The summed E-state index contributed by atoms with van der Waals surface area (Å²) < 4.78 is 0. The van der Waals surface area contributed by atoms with Crippen molar-refractivity contribution in [3.8, 4) is 0 Å². The third-order valence-electron chi connectivity index (χ3n) is 4.38. The Labute approximate surface area is 110 Å². The van der Waals surface area contributed by atoms with Crippen LogP contribution in [0.25, 0.3) is 5.57 Å². The molecule has 1 aliphatic heterocycles. The third kappa shape index (κ3) is 1.91. The largest absolute Gasteiger partial charge is 0.310 e. The Morgan fingerprint density at radius 3 is 2.94 bits per heavy atom. The van der Waals surface area contributed by atoms with E-state index in [1.807, 2.05) is 0 Å². The Bertz CT molecular complexity index is 496. The Kier molecular flexibility index (Phi) is 3.03. The molecule has 0 aromatic heterocycles. The summed E-state index contributed by atoms with van der Waals surface area (Å²) in [6.07, 6.45) is 3.66. The summed E-state index contributed by atoms with van der Waals surface area (Å²) in [6, 6.07) is 7.40. The second kappa shape index (κ2) is 4.55. The number of aryl methyl sites for hydroxylation is 1. The summed E-state index contributed by atoms with van der Waals surface area (Å²) >= 11 is 0. The van der Waals surface area contributed by atoms with Gasteiger partial charge < -0.3 is 5.32 Å². The first-order valence-corrected chi connectivity index (χ1v) is 7.21. The van der Waals surface area contributed by atoms with Crippen LogP contribution in [0, 0.1) is 12.8 Å². The number of rotatable bonds is 2. The minimum absolute atomic E-state index is 0.612. The molecule has 1 aromatic carbocycles. The van der Waals surface area contributed by atoms with E-state index in [0.29, 0.717) is 6.04 Å². The van der Waals surface area contributed by atoms with Gasteiger partial charge in [-0.2, -0.15) is 0 Å². The maximum atomic E-state index is 3.72. The summed E-state index contributed by atoms with van der Waals surface area (Å²) in [5.74, 6) is 0.763. The van der Waals surface area contributed by atoms with Gasteiger partial charge in [-0.3, -0.25) is 0 Å². The molecule has 0 spiro atoms. The first-order chi connectivity index (χ1) is 8.66. The van der Waals surface area contributed by atoms with Gasteiger partial charge in [0.2, 0.25) is 0 Å². The average molecular weight is 241 g/mol. The topological polar surface area (TPSA) is 12.0 Å². The molecule has 1 aliphatic carbocycles. The van der Waals surface area contributed by atoms with Crippen LogP contribution in [0.4, 0.5) is 0 Å². The van der Waals surface area contributed by atoms with E-state index in [-0.39, 0.29) is 0 Å². The van der Waals surface area contributed by atoms with E-state index in [2.05, 4.69) is 44.3 Å². The molecule has 3 rings (SSSR count). The zero-order chi connectivity index (χ0) is 12.7. The quantitative estimate of drug-likeness (QED) is 0.832. The highest BCUT2D eigenvalue weighted by Crippen LogP contribution is 2.40. The van der Waals surface area contributed by atoms with Gasteiger partial charge in [0.1, 0.15) is 0 Å². The van der Waals surface area contributed by atoms with E-state index in [0.717, 1.165) is 12.5 Å². The van der Waals surface area contributed by atoms with Crippen LogP contribution in [-0.4, -0.2) is 12.6 Å². The predicted octanol–water partition coefficient (Wildman–Crippen LogP) is 3.71. The first kappa shape index (κ1) is 12.0. The Morgan fingerprint density at radius 2 is 2.17 bits per heavy atom. The van der Waals surface area contributed by atoms with Crippen molar-refractivity contribution in [2.75, 3.05) is 6.54 Å². The fourth-order valence-corrected chi connectivity index (χ4v) is 3.51. The zero-order valence-electron chi connectivity index (χ0n) is 11.7. The molecule has 1 heteroatoms. The number of fused-ring (bicyclic) bond motifs is 2. The molecule has 18 heavy (non-hydrogen) atoms. The average Bonchev–Trinajstić information content (AvgIpc) is 2.70. The van der Waals surface area contributed by atoms with Crippen LogP contribution in [0.15, 0.2) is 23.8 Å². The van der Waals surface area contributed by atoms with Gasteiger partial charge in [-0.15, -0.1) is 0 Å². The van der Waals surface area contributed by atoms with Crippen molar-refractivity contribution in [2.24, 2.45) is 5.92 Å². The van der Waals surface area contributed by atoms with Crippen LogP contribution in [0.2, 0.25) is 0 Å². The van der Waals surface area contributed by atoms with Gasteiger partial charge in [-0.25, -0.2) is 0 Å². The maximum absolute atomic E-state index is 3.72. The zero-order valence-corrected chi connectivity index (χ0v) is 11.7. The van der Waals surface area contributed by atoms with Gasteiger partial charge >= 0.3 is 0 Å². The summed E-state index contributed by atoms with van der Waals surface area (Å²) in [6.45, 7) is 8.04. The van der Waals surface area contributed by atoms with Gasteiger partial charge in [-0.05, 0) is 66.5 Å². The first-order valence-electron chi connectivity index (χ1n) is 7.21. The molecule has 0 fully saturated rings. The van der Waals surface area contributed by atoms with Crippen molar-refractivity contribution in [3.05, 3.63) is 40.5 Å². The van der Waals surface area contributed by atoms with E-state index in [4.69, 9.17) is 0 Å². The summed E-state index contributed by atoms with van der Waals surface area (Å²) in [5, 5.41) is 3.72. The highest BCUT2D eigenvalue weighted by Gasteiger charge is 2.30. The van der Waals surface area contributed by atoms with Crippen LogP contribution in [0.5, 0.6) is 0 Å². The molecule has 0 radical (unpaired) electrons. The van der Waals surface area contributed by atoms with Gasteiger partial charge in [0.15, 0.2) is 0 Å². The SMILES string of the molecule is Cc1cccc2c1CC1=C2CCNC1CC(C)C. The normalized spacial score (nSPS) is 22.3. The number of nitrogens with one attached hydrogen (secondary N) is 1. The Hall–Kier alpha value is -1.08. The summed E-state index contributed by atoms with van der Waals surface area (Å²) in [7, 11) is 0. The molecular weight excluding hydrogens is 218 g/mol. The second-order valence-electron chi connectivity index (χ2n) is 6.17. The molecule has 1 N–H and O–H groups in total. The van der Waals surface area contributed by atoms with Crippen molar-refractivity contribution < 1.29 is 0 Å². The molecule has 0 amide bonds. The van der Waals surface area contributed by atoms with Crippen LogP contribution >= 0.6 is 0 Å². The van der Waals surface area contributed by atoms with E-state index in [1.54, 1.807) is 22.3 Å². The van der Waals surface area contributed by atoms with Crippen LogP contribution in [-0.2, 0) is 6.42 Å². The van der Waals surface area contributed by atoms with Gasteiger partial charge in [0.25, 0.3) is 0 Å². The lowest BCUT2D eigenvalue weighted by Crippen LogP contribution is -2.36. The fourth-order valence-electron chi connectivity index (χ4n) is 3.51. The van der Waals surface area contributed by atoms with E-state index >= 15 is 0 Å². The Balaban J connectivity index is 1.97. The molecule has 1 atom stereocenters. The molecule has 96 valence electrons. The molecular formula is C17H23N. The molecule has 0 saturated heterocycles. The minimum Gasteiger partial charge on any atom is -0.310 e. The van der Waals surface area contributed by atoms with Gasteiger partial charge in [-0.1, -0.05) is 32.0 Å². The molecule has 1 nitrogen and oxygen atoms in total. The highest BCUT2D eigenvalue weighted by atomic mass is 14.9. The van der Waals surface area contributed by atoms with E-state index in [1.165, 1.54) is 24.8 Å². The van der Waals surface area contributed by atoms with Crippen molar-refractivity contribution >= 4 is 5.57 Å². The highest BCUT2D eigenvalue weighted by molar-refractivity contribution is 5.79. The van der Waals surface area contributed by atoms with Crippen molar-refractivity contribution in [1.29, 1.82) is 0 Å². The summed E-state index contributed by atoms with van der Waals surface area (Å²) in [5.41, 5.74) is 7.92. The van der Waals surface area contributed by atoms with Crippen molar-refractivity contribution in [2.45, 2.75) is 46.1 Å². The number of hydrogen-bond donors (Lipinski definition) is 1. The monoisotopic (exact) mass is 241 g/mol. The second-order valence-corrected chi connectivity index (χ2v) is 6.17. The van der Waals surface area contributed by atoms with Crippen LogP contribution < -0.4 is 5.32 Å². The van der Waals surface area contributed by atoms with Gasteiger partial charge in [0.05, 0.1) is 0 Å². The van der Waals surface area contributed by atoms with E-state index in [9.17, 15) is 0 Å². The predicted molar refractivity (Wildman–Crippen MR) is 77.7 cm³/mol. The standard InChI is InChI=1S/C17H23N/c1-11(2)9-17-16-10-15-12(3)5-4-6-13(15)14(16)7-8-18-17/h4-6,11,17-18H,7-10H2,1-3H3. The van der Waals surface area contributed by atoms with Crippen LogP contribution in [0.1, 0.15) is 43.4 Å². The number of benzene rings is 1. The Morgan fingerprint density at radius 1 is 1.33 bits per heavy atom. The minimum atomic E-state index is 0.612. The lowest BCUT2D eigenvalue weighted by molar-refractivity contribution is 0.449. The molecule has 0 saturated carbocycles. The lowest BCUT2D eigenvalue weighted by atomic mass is 9.89. The summed E-state index contributed by atoms with van der Waals surface area (Å²) in [4.78, 5) is 0. The smallest absolute Gasteiger partial charge is 0.0291 e. The molecule has 1 heterocycles. The molecule has 1 aromatic rings. The van der Waals surface area contributed by atoms with E-state index < -0.39 is 0 Å². The maximum Gasteiger partial charge on any atom is 0.0291 e. The number of hydrogen-bond acceptors (Lipinski definition) is 1. The van der Waals surface area contributed by atoms with Crippen molar-refractivity contribution in [3.63, 3.8) is 0 Å². The molecule has 2 aliphatic rings. The van der Waals surface area contributed by atoms with Gasteiger partial charge in [0, 0.05) is 6.04 Å². The third-order valence-corrected chi connectivity index (χ3v) is 4.38. The fraction of sp³-hybridized carbons (Fsp3) is 0.529. The molecule has 1 unspecified atom stereocenters. The van der Waals surface area contributed by atoms with Crippen molar-refractivity contribution in [1.82, 2.24) is 5.32 Å². The molecule has 0 bridgehead atoms.